The molecule has 1 atom stereocenters. The van der Waals surface area contributed by atoms with E-state index >= 15 is 0 Å². The zero-order valence-electron chi connectivity index (χ0n) is 11.3. The van der Waals surface area contributed by atoms with Crippen LogP contribution in [-0.2, 0) is 9.59 Å². The van der Waals surface area contributed by atoms with Crippen LogP contribution in [0.3, 0.4) is 0 Å². The second kappa shape index (κ2) is 6.70. The predicted molar refractivity (Wildman–Crippen MR) is 71.7 cm³/mol. The van der Waals surface area contributed by atoms with Crippen molar-refractivity contribution >= 4 is 17.8 Å². The van der Waals surface area contributed by atoms with Gasteiger partial charge in [0.2, 0.25) is 0 Å². The molecule has 0 aliphatic heterocycles. The highest BCUT2D eigenvalue weighted by atomic mass is 16.4. The van der Waals surface area contributed by atoms with Crippen LogP contribution in [0.5, 0.6) is 0 Å². The predicted octanol–water partition coefficient (Wildman–Crippen LogP) is 1.47. The van der Waals surface area contributed by atoms with Crippen molar-refractivity contribution in [2.45, 2.75) is 32.2 Å². The van der Waals surface area contributed by atoms with E-state index in [1.165, 1.54) is 0 Å². The van der Waals surface area contributed by atoms with Crippen LogP contribution in [0.4, 0.5) is 0 Å². The van der Waals surface area contributed by atoms with Gasteiger partial charge in [-0.2, -0.15) is 0 Å². The van der Waals surface area contributed by atoms with Crippen LogP contribution in [0.2, 0.25) is 0 Å². The van der Waals surface area contributed by atoms with Crippen LogP contribution in [-0.4, -0.2) is 34.1 Å². The van der Waals surface area contributed by atoms with Gasteiger partial charge in [-0.3, -0.25) is 9.59 Å². The second-order valence-corrected chi connectivity index (χ2v) is 4.74. The van der Waals surface area contributed by atoms with Crippen molar-refractivity contribution < 1.29 is 24.6 Å². The fourth-order valence-corrected chi connectivity index (χ4v) is 1.64. The molecule has 6 nitrogen and oxygen atoms in total. The van der Waals surface area contributed by atoms with E-state index in [-0.39, 0.29) is 0 Å². The smallest absolute Gasteiger partial charge is 0.326 e. The molecule has 0 aliphatic rings. The quantitative estimate of drug-likeness (QED) is 0.731. The third kappa shape index (κ3) is 4.38. The monoisotopic (exact) mass is 279 g/mol. The number of benzene rings is 1. The number of carbonyl (C=O) groups excluding carboxylic acids is 1. The molecule has 1 aromatic rings. The normalized spacial score (nSPS) is 11.9. The molecule has 0 aromatic heterocycles. The molecular weight excluding hydrogens is 262 g/mol. The second-order valence-electron chi connectivity index (χ2n) is 4.74. The van der Waals surface area contributed by atoms with Crippen molar-refractivity contribution in [1.82, 2.24) is 5.32 Å². The Kier molecular flexibility index (Phi) is 5.25. The Bertz CT molecular complexity index is 507. The van der Waals surface area contributed by atoms with Gasteiger partial charge < -0.3 is 15.5 Å². The summed E-state index contributed by atoms with van der Waals surface area (Å²) in [6.45, 7) is 4.03. The maximum Gasteiger partial charge on any atom is 0.326 e. The summed E-state index contributed by atoms with van der Waals surface area (Å²) in [6.07, 6.45) is -0.662. The highest BCUT2D eigenvalue weighted by molar-refractivity contribution is 5.97. The van der Waals surface area contributed by atoms with Gasteiger partial charge in [0.05, 0.1) is 6.42 Å². The first-order valence-electron chi connectivity index (χ1n) is 6.16. The van der Waals surface area contributed by atoms with Gasteiger partial charge in [-0.15, -0.1) is 0 Å². The number of nitrogens with one attached hydrogen (secondary N) is 1. The lowest BCUT2D eigenvalue weighted by atomic mass is 10.0. The topological polar surface area (TPSA) is 104 Å². The molecule has 20 heavy (non-hydrogen) atoms. The Morgan fingerprint density at radius 2 is 1.65 bits per heavy atom. The third-order valence-corrected chi connectivity index (χ3v) is 2.82. The van der Waals surface area contributed by atoms with Crippen LogP contribution in [0.15, 0.2) is 24.3 Å². The van der Waals surface area contributed by atoms with E-state index in [4.69, 9.17) is 10.2 Å². The highest BCUT2D eigenvalue weighted by Crippen LogP contribution is 2.14. The standard InChI is InChI=1S/C14H17NO5/c1-8(2)9-3-5-10(6-4-9)13(18)15-11(14(19)20)7-12(16)17/h3-6,8,11H,7H2,1-2H3,(H,15,18)(H,16,17)(H,19,20)/t11-/m1/s1. The van der Waals surface area contributed by atoms with E-state index < -0.39 is 30.3 Å². The zero-order valence-corrected chi connectivity index (χ0v) is 11.3. The van der Waals surface area contributed by atoms with E-state index in [1.54, 1.807) is 24.3 Å². The maximum atomic E-state index is 11.9. The lowest BCUT2D eigenvalue weighted by molar-refractivity contribution is -0.145. The summed E-state index contributed by atoms with van der Waals surface area (Å²) in [4.78, 5) is 33.3. The molecule has 0 saturated heterocycles. The lowest BCUT2D eigenvalue weighted by Crippen LogP contribution is -2.42. The highest BCUT2D eigenvalue weighted by Gasteiger charge is 2.23. The van der Waals surface area contributed by atoms with E-state index in [9.17, 15) is 14.4 Å². The minimum Gasteiger partial charge on any atom is -0.481 e. The van der Waals surface area contributed by atoms with Crippen molar-refractivity contribution in [2.75, 3.05) is 0 Å². The Morgan fingerprint density at radius 1 is 1.10 bits per heavy atom. The number of hydrogen-bond acceptors (Lipinski definition) is 3. The van der Waals surface area contributed by atoms with Gasteiger partial charge in [-0.1, -0.05) is 26.0 Å². The summed E-state index contributed by atoms with van der Waals surface area (Å²) >= 11 is 0. The molecule has 3 N–H and O–H groups in total. The van der Waals surface area contributed by atoms with Gasteiger partial charge in [0, 0.05) is 5.56 Å². The van der Waals surface area contributed by atoms with E-state index in [2.05, 4.69) is 5.32 Å². The number of carboxylic acids is 2. The summed E-state index contributed by atoms with van der Waals surface area (Å²) in [6, 6.07) is 5.30. The van der Waals surface area contributed by atoms with Crippen molar-refractivity contribution in [1.29, 1.82) is 0 Å². The van der Waals surface area contributed by atoms with Crippen LogP contribution in [0, 0.1) is 0 Å². The first kappa shape index (κ1) is 15.7. The molecule has 0 spiro atoms. The van der Waals surface area contributed by atoms with Gasteiger partial charge in [0.1, 0.15) is 6.04 Å². The van der Waals surface area contributed by atoms with Crippen molar-refractivity contribution in [2.24, 2.45) is 0 Å². The summed E-state index contributed by atoms with van der Waals surface area (Å²) in [5.74, 6) is -2.94. The van der Waals surface area contributed by atoms with Crippen LogP contribution in [0.25, 0.3) is 0 Å². The first-order valence-corrected chi connectivity index (χ1v) is 6.16. The van der Waals surface area contributed by atoms with Crippen LogP contribution in [0.1, 0.15) is 42.1 Å². The fourth-order valence-electron chi connectivity index (χ4n) is 1.64. The molecule has 1 amide bonds. The van der Waals surface area contributed by atoms with Gasteiger partial charge in [0.15, 0.2) is 0 Å². The summed E-state index contributed by atoms with van der Waals surface area (Å²) in [5, 5.41) is 19.6. The number of amides is 1. The van der Waals surface area contributed by atoms with Gasteiger partial charge in [-0.05, 0) is 23.6 Å². The minimum absolute atomic E-state index is 0.297. The van der Waals surface area contributed by atoms with Crippen molar-refractivity contribution in [3.05, 3.63) is 35.4 Å². The number of carbonyl (C=O) groups is 3. The molecule has 1 aromatic carbocycles. The van der Waals surface area contributed by atoms with Crippen molar-refractivity contribution in [3.63, 3.8) is 0 Å². The van der Waals surface area contributed by atoms with E-state index in [0.717, 1.165) is 5.56 Å². The van der Waals surface area contributed by atoms with Crippen molar-refractivity contribution in [3.8, 4) is 0 Å². The Balaban J connectivity index is 2.78. The Labute approximate surface area is 116 Å². The molecule has 0 unspecified atom stereocenters. The minimum atomic E-state index is -1.44. The number of rotatable bonds is 6. The summed E-state index contributed by atoms with van der Waals surface area (Å²) in [7, 11) is 0. The molecule has 1 rings (SSSR count). The molecule has 0 aliphatic carbocycles. The van der Waals surface area contributed by atoms with Crippen LogP contribution < -0.4 is 5.32 Å². The first-order chi connectivity index (χ1) is 9.31. The van der Waals surface area contributed by atoms with Gasteiger partial charge in [-0.25, -0.2) is 4.79 Å². The molecule has 0 saturated carbocycles. The largest absolute Gasteiger partial charge is 0.481 e. The van der Waals surface area contributed by atoms with Gasteiger partial charge >= 0.3 is 11.9 Å². The fraction of sp³-hybridized carbons (Fsp3) is 0.357. The number of aliphatic carboxylic acids is 2. The Morgan fingerprint density at radius 3 is 2.05 bits per heavy atom. The average Bonchev–Trinajstić information content (AvgIpc) is 2.37. The molecule has 0 fully saturated rings. The third-order valence-electron chi connectivity index (χ3n) is 2.82. The Hall–Kier alpha value is -2.37. The zero-order chi connectivity index (χ0) is 15.3. The summed E-state index contributed by atoms with van der Waals surface area (Å²) < 4.78 is 0. The molecule has 0 bridgehead atoms. The molecule has 0 radical (unpaired) electrons. The number of carboxylic acid groups (broad SMARTS) is 2. The van der Waals surface area contributed by atoms with E-state index in [0.29, 0.717) is 11.5 Å². The van der Waals surface area contributed by atoms with Crippen LogP contribution >= 0.6 is 0 Å². The van der Waals surface area contributed by atoms with Gasteiger partial charge in [0.25, 0.3) is 5.91 Å². The lowest BCUT2D eigenvalue weighted by Gasteiger charge is -2.13. The average molecular weight is 279 g/mol. The van der Waals surface area contributed by atoms with E-state index in [1.807, 2.05) is 13.8 Å². The number of hydrogen-bond donors (Lipinski definition) is 3. The molecular formula is C14H17NO5. The summed E-state index contributed by atoms with van der Waals surface area (Å²) in [5.41, 5.74) is 1.35. The molecule has 108 valence electrons. The molecule has 0 heterocycles. The molecule has 6 heteroatoms. The maximum absolute atomic E-state index is 11.9. The SMILES string of the molecule is CC(C)c1ccc(C(=O)N[C@H](CC(=O)O)C(=O)O)cc1.